The molecule has 1 aromatic rings. The number of hydrogen-bond donors (Lipinski definition) is 1. The van der Waals surface area contributed by atoms with E-state index < -0.39 is 0 Å². The molecule has 2 heteroatoms. The van der Waals surface area contributed by atoms with Crippen LogP contribution in [0.15, 0.2) is 24.3 Å². The van der Waals surface area contributed by atoms with E-state index in [4.69, 9.17) is 0 Å². The average Bonchev–Trinajstić information content (AvgIpc) is 2.47. The second kappa shape index (κ2) is 6.28. The molecule has 1 aliphatic rings. The van der Waals surface area contributed by atoms with Crippen molar-refractivity contribution in [3.63, 3.8) is 0 Å². The highest BCUT2D eigenvalue weighted by atomic mass is 16.3. The van der Waals surface area contributed by atoms with Gasteiger partial charge >= 0.3 is 0 Å². The van der Waals surface area contributed by atoms with E-state index in [9.17, 15) is 5.11 Å². The zero-order valence-electron chi connectivity index (χ0n) is 13.4. The Morgan fingerprint density at radius 1 is 1.20 bits per heavy atom. The summed E-state index contributed by atoms with van der Waals surface area (Å²) in [6.07, 6.45) is 3.36. The van der Waals surface area contributed by atoms with Crippen molar-refractivity contribution in [3.8, 4) is 0 Å². The van der Waals surface area contributed by atoms with Gasteiger partial charge in [0, 0.05) is 6.04 Å². The Kier molecular flexibility index (Phi) is 4.87. The summed E-state index contributed by atoms with van der Waals surface area (Å²) in [6, 6.07) is 8.46. The van der Waals surface area contributed by atoms with Gasteiger partial charge in [0.2, 0.25) is 0 Å². The first kappa shape index (κ1) is 15.5. The number of likely N-dealkylation sites (tertiary alicyclic amines) is 1. The quantitative estimate of drug-likeness (QED) is 0.900. The molecule has 0 bridgehead atoms. The molecule has 0 saturated carbocycles. The van der Waals surface area contributed by atoms with Gasteiger partial charge in [-0.05, 0) is 50.8 Å². The largest absolute Gasteiger partial charge is 0.387 e. The van der Waals surface area contributed by atoms with Crippen molar-refractivity contribution in [2.45, 2.75) is 59.1 Å². The maximum Gasteiger partial charge on any atom is 0.0942 e. The number of aryl methyl sites for hydroxylation is 1. The number of aliphatic hydroxyl groups excluding tert-OH is 1. The fourth-order valence-corrected chi connectivity index (χ4v) is 3.07. The predicted octanol–water partition coefficient (Wildman–Crippen LogP) is 3.93. The Bertz CT molecular complexity index is 418. The van der Waals surface area contributed by atoms with Crippen LogP contribution < -0.4 is 0 Å². The Balaban J connectivity index is 1.98. The molecule has 0 radical (unpaired) electrons. The van der Waals surface area contributed by atoms with Gasteiger partial charge in [-0.3, -0.25) is 4.90 Å². The van der Waals surface area contributed by atoms with Crippen LogP contribution in [0.5, 0.6) is 0 Å². The van der Waals surface area contributed by atoms with E-state index in [0.717, 1.165) is 18.7 Å². The summed E-state index contributed by atoms with van der Waals surface area (Å²) < 4.78 is 0. The zero-order chi connectivity index (χ0) is 14.8. The third-order valence-corrected chi connectivity index (χ3v) is 5.31. The summed E-state index contributed by atoms with van der Waals surface area (Å²) in [5.41, 5.74) is 2.78. The van der Waals surface area contributed by atoms with E-state index in [1.165, 1.54) is 24.8 Å². The van der Waals surface area contributed by atoms with Crippen molar-refractivity contribution in [3.05, 3.63) is 35.4 Å². The van der Waals surface area contributed by atoms with Gasteiger partial charge in [-0.2, -0.15) is 0 Å². The first-order valence-electron chi connectivity index (χ1n) is 7.94. The van der Waals surface area contributed by atoms with Gasteiger partial charge in [0.25, 0.3) is 0 Å². The van der Waals surface area contributed by atoms with Crippen LogP contribution >= 0.6 is 0 Å². The lowest BCUT2D eigenvalue weighted by Gasteiger charge is -2.42. The van der Waals surface area contributed by atoms with Gasteiger partial charge in [0.1, 0.15) is 0 Å². The summed E-state index contributed by atoms with van der Waals surface area (Å²) in [5.74, 6) is 0. The van der Waals surface area contributed by atoms with Gasteiger partial charge < -0.3 is 5.11 Å². The van der Waals surface area contributed by atoms with Crippen molar-refractivity contribution in [1.29, 1.82) is 0 Å². The molecule has 0 spiro atoms. The highest BCUT2D eigenvalue weighted by Crippen LogP contribution is 2.35. The number of piperidine rings is 1. The highest BCUT2D eigenvalue weighted by molar-refractivity contribution is 5.24. The monoisotopic (exact) mass is 275 g/mol. The summed E-state index contributed by atoms with van der Waals surface area (Å²) in [5, 5.41) is 10.6. The molecule has 1 aromatic carbocycles. The van der Waals surface area contributed by atoms with Crippen LogP contribution in [0.4, 0.5) is 0 Å². The van der Waals surface area contributed by atoms with Crippen LogP contribution in [-0.4, -0.2) is 29.1 Å². The second-order valence-electron chi connectivity index (χ2n) is 6.80. The van der Waals surface area contributed by atoms with Gasteiger partial charge in [-0.25, -0.2) is 0 Å². The maximum atomic E-state index is 10.6. The topological polar surface area (TPSA) is 23.5 Å². The molecule has 2 nitrogen and oxygen atoms in total. The molecular weight excluding hydrogens is 246 g/mol. The SMILES string of the molecule is CCC1(C)CCN(C(C)C(O)c2ccc(C)cc2)CC1. The molecule has 0 amide bonds. The summed E-state index contributed by atoms with van der Waals surface area (Å²) in [6.45, 7) is 11.1. The van der Waals surface area contributed by atoms with E-state index in [2.05, 4.69) is 56.9 Å². The van der Waals surface area contributed by atoms with Gasteiger partial charge in [-0.1, -0.05) is 50.1 Å². The van der Waals surface area contributed by atoms with E-state index in [-0.39, 0.29) is 12.1 Å². The minimum atomic E-state index is -0.387. The Morgan fingerprint density at radius 3 is 2.25 bits per heavy atom. The van der Waals surface area contributed by atoms with Crippen molar-refractivity contribution in [1.82, 2.24) is 4.90 Å². The standard InChI is InChI=1S/C18H29NO/c1-5-18(4)10-12-19(13-11-18)15(3)17(20)16-8-6-14(2)7-9-16/h6-9,15,17,20H,5,10-13H2,1-4H3. The first-order valence-corrected chi connectivity index (χ1v) is 7.94. The molecule has 1 saturated heterocycles. The van der Waals surface area contributed by atoms with Gasteiger partial charge in [0.15, 0.2) is 0 Å². The number of aliphatic hydroxyl groups is 1. The van der Waals surface area contributed by atoms with Crippen molar-refractivity contribution < 1.29 is 5.11 Å². The van der Waals surface area contributed by atoms with E-state index in [1.807, 2.05) is 0 Å². The molecule has 0 aliphatic carbocycles. The van der Waals surface area contributed by atoms with Crippen molar-refractivity contribution in [2.75, 3.05) is 13.1 Å². The summed E-state index contributed by atoms with van der Waals surface area (Å²) in [4.78, 5) is 2.45. The van der Waals surface area contributed by atoms with Crippen LogP contribution in [0.25, 0.3) is 0 Å². The number of rotatable bonds is 4. The molecule has 2 atom stereocenters. The molecule has 20 heavy (non-hydrogen) atoms. The van der Waals surface area contributed by atoms with Crippen molar-refractivity contribution in [2.24, 2.45) is 5.41 Å². The first-order chi connectivity index (χ1) is 9.45. The normalized spacial score (nSPS) is 22.4. The molecule has 1 N–H and O–H groups in total. The minimum absolute atomic E-state index is 0.194. The van der Waals surface area contributed by atoms with Crippen LogP contribution in [0.1, 0.15) is 57.3 Å². The molecule has 1 heterocycles. The molecule has 2 unspecified atom stereocenters. The Labute approximate surface area is 123 Å². The smallest absolute Gasteiger partial charge is 0.0942 e. The predicted molar refractivity (Wildman–Crippen MR) is 84.8 cm³/mol. The number of hydrogen-bond acceptors (Lipinski definition) is 2. The average molecular weight is 275 g/mol. The zero-order valence-corrected chi connectivity index (χ0v) is 13.4. The lowest BCUT2D eigenvalue weighted by atomic mass is 9.78. The molecular formula is C18H29NO. The third kappa shape index (κ3) is 3.42. The number of nitrogens with zero attached hydrogens (tertiary/aromatic N) is 1. The third-order valence-electron chi connectivity index (χ3n) is 5.31. The lowest BCUT2D eigenvalue weighted by Crippen LogP contribution is -2.45. The van der Waals surface area contributed by atoms with Crippen LogP contribution in [0.3, 0.4) is 0 Å². The van der Waals surface area contributed by atoms with Crippen molar-refractivity contribution >= 4 is 0 Å². The van der Waals surface area contributed by atoms with Gasteiger partial charge in [-0.15, -0.1) is 0 Å². The molecule has 0 aromatic heterocycles. The molecule has 1 aliphatic heterocycles. The second-order valence-corrected chi connectivity index (χ2v) is 6.80. The molecule has 112 valence electrons. The van der Waals surface area contributed by atoms with Gasteiger partial charge in [0.05, 0.1) is 6.10 Å². The van der Waals surface area contributed by atoms with E-state index in [0.29, 0.717) is 5.41 Å². The van der Waals surface area contributed by atoms with E-state index >= 15 is 0 Å². The number of benzene rings is 1. The Morgan fingerprint density at radius 2 is 1.75 bits per heavy atom. The van der Waals surface area contributed by atoms with Crippen LogP contribution in [0, 0.1) is 12.3 Å². The minimum Gasteiger partial charge on any atom is -0.387 e. The summed E-state index contributed by atoms with van der Waals surface area (Å²) in [7, 11) is 0. The molecule has 1 fully saturated rings. The Hall–Kier alpha value is -0.860. The fraction of sp³-hybridized carbons (Fsp3) is 0.667. The van der Waals surface area contributed by atoms with Crippen LogP contribution in [0.2, 0.25) is 0 Å². The lowest BCUT2D eigenvalue weighted by molar-refractivity contribution is 0.0183. The highest BCUT2D eigenvalue weighted by Gasteiger charge is 2.32. The molecule has 2 rings (SSSR count). The summed E-state index contributed by atoms with van der Waals surface area (Å²) >= 11 is 0. The maximum absolute atomic E-state index is 10.6. The van der Waals surface area contributed by atoms with E-state index in [1.54, 1.807) is 0 Å². The van der Waals surface area contributed by atoms with Crippen LogP contribution in [-0.2, 0) is 0 Å². The fourth-order valence-electron chi connectivity index (χ4n) is 3.07.